The lowest BCUT2D eigenvalue weighted by atomic mass is 9.90. The fourth-order valence-electron chi connectivity index (χ4n) is 3.62. The lowest BCUT2D eigenvalue weighted by molar-refractivity contribution is -0.0929. The molecule has 0 unspecified atom stereocenters. The van der Waals surface area contributed by atoms with Crippen LogP contribution in [0, 0.1) is 0 Å². The molecule has 4 rings (SSSR count). The molecule has 5 heteroatoms. The van der Waals surface area contributed by atoms with Crippen molar-refractivity contribution in [1.29, 1.82) is 0 Å². The van der Waals surface area contributed by atoms with Crippen LogP contribution in [-0.4, -0.2) is 40.3 Å². The number of pyridine rings is 1. The first kappa shape index (κ1) is 13.9. The number of aromatic nitrogens is 2. The van der Waals surface area contributed by atoms with Crippen LogP contribution in [0.15, 0.2) is 35.1 Å². The summed E-state index contributed by atoms with van der Waals surface area (Å²) >= 11 is 0. The second-order valence-electron chi connectivity index (χ2n) is 6.15. The molecule has 0 spiro atoms. The van der Waals surface area contributed by atoms with Gasteiger partial charge in [-0.05, 0) is 25.0 Å². The highest BCUT2D eigenvalue weighted by Gasteiger charge is 2.34. The minimum atomic E-state index is 0.407. The van der Waals surface area contributed by atoms with E-state index in [-0.39, 0.29) is 0 Å². The van der Waals surface area contributed by atoms with Crippen molar-refractivity contribution in [2.75, 3.05) is 13.2 Å². The lowest BCUT2D eigenvalue weighted by Crippen LogP contribution is -2.52. The molecule has 116 valence electrons. The van der Waals surface area contributed by atoms with Crippen LogP contribution >= 0.6 is 0 Å². The van der Waals surface area contributed by atoms with Crippen molar-refractivity contribution in [2.45, 2.75) is 44.4 Å². The minimum absolute atomic E-state index is 0.407. The van der Waals surface area contributed by atoms with Gasteiger partial charge in [0.2, 0.25) is 0 Å². The summed E-state index contributed by atoms with van der Waals surface area (Å²) in [5, 5.41) is 4.20. The molecule has 2 aliphatic rings. The van der Waals surface area contributed by atoms with E-state index < -0.39 is 0 Å². The molecule has 0 amide bonds. The zero-order valence-electron chi connectivity index (χ0n) is 12.6. The van der Waals surface area contributed by atoms with E-state index in [0.29, 0.717) is 12.1 Å². The second kappa shape index (κ2) is 6.18. The van der Waals surface area contributed by atoms with Crippen LogP contribution in [-0.2, 0) is 11.3 Å². The van der Waals surface area contributed by atoms with Crippen molar-refractivity contribution >= 4 is 0 Å². The Balaban J connectivity index is 1.48. The average Bonchev–Trinajstić information content (AvgIpc) is 3.05. The zero-order valence-corrected chi connectivity index (χ0v) is 12.6. The van der Waals surface area contributed by atoms with E-state index in [1.54, 1.807) is 12.4 Å². The average molecular weight is 299 g/mol. The molecule has 2 aromatic rings. The molecule has 5 nitrogen and oxygen atoms in total. The van der Waals surface area contributed by atoms with Gasteiger partial charge in [0.15, 0.2) is 5.76 Å². The van der Waals surface area contributed by atoms with E-state index in [9.17, 15) is 0 Å². The van der Waals surface area contributed by atoms with Gasteiger partial charge in [0, 0.05) is 36.6 Å². The van der Waals surface area contributed by atoms with E-state index in [1.165, 1.54) is 25.7 Å². The third-order valence-electron chi connectivity index (χ3n) is 4.74. The molecule has 2 atom stereocenters. The smallest absolute Gasteiger partial charge is 0.151 e. The van der Waals surface area contributed by atoms with Crippen molar-refractivity contribution in [3.05, 3.63) is 36.4 Å². The van der Waals surface area contributed by atoms with Gasteiger partial charge in [-0.2, -0.15) is 0 Å². The Bertz CT molecular complexity index is 611. The Morgan fingerprint density at radius 3 is 2.95 bits per heavy atom. The van der Waals surface area contributed by atoms with E-state index in [1.807, 2.05) is 18.2 Å². The van der Waals surface area contributed by atoms with Crippen molar-refractivity contribution < 1.29 is 9.26 Å². The quantitative estimate of drug-likeness (QED) is 0.872. The summed E-state index contributed by atoms with van der Waals surface area (Å²) in [5.74, 6) is 0.929. The van der Waals surface area contributed by atoms with Crippen LogP contribution in [0.4, 0.5) is 0 Å². The highest BCUT2D eigenvalue weighted by molar-refractivity contribution is 5.57. The van der Waals surface area contributed by atoms with E-state index in [2.05, 4.69) is 15.0 Å². The second-order valence-corrected chi connectivity index (χ2v) is 6.15. The molecule has 2 fully saturated rings. The molecule has 0 aromatic carbocycles. The van der Waals surface area contributed by atoms with Crippen molar-refractivity contribution in [3.63, 3.8) is 0 Å². The summed E-state index contributed by atoms with van der Waals surface area (Å²) < 4.78 is 11.5. The van der Waals surface area contributed by atoms with Crippen LogP contribution in [0.5, 0.6) is 0 Å². The fourth-order valence-corrected chi connectivity index (χ4v) is 3.62. The Morgan fingerprint density at radius 1 is 1.18 bits per heavy atom. The SMILES string of the molecule is c1cc(-c2cc(CN3CCO[C@@H]4CCCC[C@H]43)on2)ccn1. The summed E-state index contributed by atoms with van der Waals surface area (Å²) in [6, 6.07) is 6.49. The van der Waals surface area contributed by atoms with Gasteiger partial charge in [-0.15, -0.1) is 0 Å². The van der Waals surface area contributed by atoms with E-state index in [4.69, 9.17) is 9.26 Å². The number of morpholine rings is 1. The van der Waals surface area contributed by atoms with Gasteiger partial charge in [0.1, 0.15) is 5.69 Å². The number of fused-ring (bicyclic) bond motifs is 1. The molecular formula is C17H21N3O2. The largest absolute Gasteiger partial charge is 0.375 e. The number of rotatable bonds is 3. The summed E-state index contributed by atoms with van der Waals surface area (Å²) in [4.78, 5) is 6.54. The van der Waals surface area contributed by atoms with Crippen molar-refractivity contribution in [3.8, 4) is 11.3 Å². The Morgan fingerprint density at radius 2 is 2.05 bits per heavy atom. The van der Waals surface area contributed by atoms with Crippen molar-refractivity contribution in [2.24, 2.45) is 0 Å². The first-order valence-corrected chi connectivity index (χ1v) is 8.12. The highest BCUT2D eigenvalue weighted by Crippen LogP contribution is 2.30. The predicted octanol–water partition coefficient (Wildman–Crippen LogP) is 2.88. The molecule has 0 bridgehead atoms. The summed E-state index contributed by atoms with van der Waals surface area (Å²) in [6.07, 6.45) is 8.99. The van der Waals surface area contributed by atoms with Gasteiger partial charge < -0.3 is 9.26 Å². The summed E-state index contributed by atoms with van der Waals surface area (Å²) in [5.41, 5.74) is 1.92. The molecule has 0 radical (unpaired) electrons. The first-order valence-electron chi connectivity index (χ1n) is 8.12. The molecule has 0 N–H and O–H groups in total. The lowest BCUT2D eigenvalue weighted by Gasteiger charge is -2.43. The number of ether oxygens (including phenoxy) is 1. The molecule has 1 aliphatic carbocycles. The van der Waals surface area contributed by atoms with Gasteiger partial charge in [-0.25, -0.2) is 0 Å². The Labute approximate surface area is 130 Å². The molecule has 22 heavy (non-hydrogen) atoms. The van der Waals surface area contributed by atoms with Gasteiger partial charge in [0.05, 0.1) is 19.3 Å². The van der Waals surface area contributed by atoms with Crippen molar-refractivity contribution in [1.82, 2.24) is 15.0 Å². The third kappa shape index (κ3) is 2.78. The molecule has 2 aromatic heterocycles. The van der Waals surface area contributed by atoms with Gasteiger partial charge in [-0.3, -0.25) is 9.88 Å². The van der Waals surface area contributed by atoms with E-state index >= 15 is 0 Å². The molecular weight excluding hydrogens is 278 g/mol. The molecule has 1 saturated heterocycles. The Kier molecular flexibility index (Phi) is 3.91. The maximum Gasteiger partial charge on any atom is 0.151 e. The topological polar surface area (TPSA) is 51.4 Å². The molecule has 3 heterocycles. The van der Waals surface area contributed by atoms with Crippen LogP contribution in [0.2, 0.25) is 0 Å². The zero-order chi connectivity index (χ0) is 14.8. The fraction of sp³-hybridized carbons (Fsp3) is 0.529. The number of hydrogen-bond acceptors (Lipinski definition) is 5. The number of nitrogens with zero attached hydrogens (tertiary/aromatic N) is 3. The standard InChI is InChI=1S/C17H21N3O2/c1-2-4-17-16(3-1)20(9-10-21-17)12-14-11-15(19-22-14)13-5-7-18-8-6-13/h5-8,11,16-17H,1-4,9-10,12H2/t16-,17-/m1/s1. The monoisotopic (exact) mass is 299 g/mol. The summed E-state index contributed by atoms with van der Waals surface area (Å²) in [7, 11) is 0. The van der Waals surface area contributed by atoms with Gasteiger partial charge >= 0.3 is 0 Å². The van der Waals surface area contributed by atoms with Crippen LogP contribution in [0.1, 0.15) is 31.4 Å². The van der Waals surface area contributed by atoms with E-state index in [0.717, 1.165) is 36.7 Å². The Hall–Kier alpha value is -1.72. The van der Waals surface area contributed by atoms with Crippen LogP contribution < -0.4 is 0 Å². The number of hydrogen-bond donors (Lipinski definition) is 0. The first-order chi connectivity index (χ1) is 10.9. The molecule has 1 aliphatic heterocycles. The van der Waals surface area contributed by atoms with Crippen LogP contribution in [0.3, 0.4) is 0 Å². The maximum absolute atomic E-state index is 5.93. The van der Waals surface area contributed by atoms with Crippen LogP contribution in [0.25, 0.3) is 11.3 Å². The van der Waals surface area contributed by atoms with Gasteiger partial charge in [0.25, 0.3) is 0 Å². The maximum atomic E-state index is 5.93. The molecule has 1 saturated carbocycles. The highest BCUT2D eigenvalue weighted by atomic mass is 16.5. The summed E-state index contributed by atoms with van der Waals surface area (Å²) in [6.45, 7) is 2.63. The predicted molar refractivity (Wildman–Crippen MR) is 82.1 cm³/mol. The third-order valence-corrected chi connectivity index (χ3v) is 4.74. The minimum Gasteiger partial charge on any atom is -0.375 e. The van der Waals surface area contributed by atoms with Gasteiger partial charge in [-0.1, -0.05) is 18.0 Å². The normalized spacial score (nSPS) is 25.8.